The summed E-state index contributed by atoms with van der Waals surface area (Å²) in [5, 5.41) is 12.0. The molecule has 2 heterocycles. The smallest absolute Gasteiger partial charge is 0.200 e. The molecule has 0 radical (unpaired) electrons. The predicted molar refractivity (Wildman–Crippen MR) is 93.8 cm³/mol. The van der Waals surface area contributed by atoms with E-state index < -0.39 is 0 Å². The number of rotatable bonds is 3. The first-order chi connectivity index (χ1) is 12.2. The summed E-state index contributed by atoms with van der Waals surface area (Å²) in [5.41, 5.74) is 14.0. The first kappa shape index (κ1) is 15.9. The molecule has 2 aliphatic heterocycles. The van der Waals surface area contributed by atoms with E-state index in [1.165, 1.54) is 0 Å². The van der Waals surface area contributed by atoms with Crippen molar-refractivity contribution in [2.75, 3.05) is 13.7 Å². The molecule has 6 nitrogen and oxygen atoms in total. The Bertz CT molecular complexity index is 868. The van der Waals surface area contributed by atoms with Crippen molar-refractivity contribution in [3.63, 3.8) is 0 Å². The van der Waals surface area contributed by atoms with E-state index in [4.69, 9.17) is 15.2 Å². The fourth-order valence-electron chi connectivity index (χ4n) is 4.00. The van der Waals surface area contributed by atoms with E-state index in [2.05, 4.69) is 41.2 Å². The summed E-state index contributed by atoms with van der Waals surface area (Å²) in [6, 6.07) is 16.6. The van der Waals surface area contributed by atoms with Gasteiger partial charge in [-0.1, -0.05) is 42.5 Å². The van der Waals surface area contributed by atoms with Crippen LogP contribution in [0.1, 0.15) is 11.5 Å². The number of hydrazine groups is 1. The lowest BCUT2D eigenvalue weighted by molar-refractivity contribution is 0.0281. The second-order valence-corrected chi connectivity index (χ2v) is 6.40. The third kappa shape index (κ3) is 2.53. The maximum absolute atomic E-state index is 9.76. The molecular weight excluding hydrogens is 316 g/mol. The zero-order valence-corrected chi connectivity index (χ0v) is 13.9. The van der Waals surface area contributed by atoms with Gasteiger partial charge in [0.1, 0.15) is 6.07 Å². The third-order valence-electron chi connectivity index (χ3n) is 5.07. The van der Waals surface area contributed by atoms with Crippen molar-refractivity contribution in [1.29, 1.82) is 5.26 Å². The molecule has 2 aliphatic rings. The number of hydrogen-bond acceptors (Lipinski definition) is 6. The van der Waals surface area contributed by atoms with Gasteiger partial charge in [0.25, 0.3) is 0 Å². The van der Waals surface area contributed by atoms with Crippen LogP contribution in [0.5, 0.6) is 0 Å². The molecule has 4 unspecified atom stereocenters. The molecule has 0 aromatic heterocycles. The largest absolute Gasteiger partial charge is 0.458 e. The van der Waals surface area contributed by atoms with Crippen molar-refractivity contribution in [2.24, 2.45) is 11.7 Å². The van der Waals surface area contributed by atoms with Crippen molar-refractivity contribution < 1.29 is 9.47 Å². The molecule has 0 aliphatic carbocycles. The van der Waals surface area contributed by atoms with E-state index in [9.17, 15) is 5.26 Å². The molecule has 2 aromatic rings. The number of nitrogens with one attached hydrogen (secondary N) is 2. The zero-order valence-electron chi connectivity index (χ0n) is 13.9. The fraction of sp³-hybridized carbons (Fsp3) is 0.316. The summed E-state index contributed by atoms with van der Waals surface area (Å²) in [7, 11) is 1.67. The van der Waals surface area contributed by atoms with Gasteiger partial charge in [0.05, 0.1) is 18.2 Å². The van der Waals surface area contributed by atoms with Crippen molar-refractivity contribution in [1.82, 2.24) is 10.9 Å². The minimum atomic E-state index is -0.304. The van der Waals surface area contributed by atoms with Crippen LogP contribution in [0.2, 0.25) is 0 Å². The van der Waals surface area contributed by atoms with Gasteiger partial charge in [0.2, 0.25) is 5.88 Å². The van der Waals surface area contributed by atoms with Crippen LogP contribution in [0.15, 0.2) is 53.9 Å². The Balaban J connectivity index is 1.91. The highest BCUT2D eigenvalue weighted by Gasteiger charge is 2.48. The van der Waals surface area contributed by atoms with Crippen LogP contribution in [0, 0.1) is 17.2 Å². The molecule has 4 rings (SSSR count). The number of ether oxygens (including phenoxy) is 2. The average molecular weight is 336 g/mol. The SMILES string of the molecule is COCC1NNC2OC(N)=C(C#N)C(c3cccc4ccccc34)C12. The summed E-state index contributed by atoms with van der Waals surface area (Å²) < 4.78 is 11.1. The van der Waals surface area contributed by atoms with Crippen LogP contribution >= 0.6 is 0 Å². The van der Waals surface area contributed by atoms with Gasteiger partial charge in [0, 0.05) is 18.9 Å². The highest BCUT2D eigenvalue weighted by Crippen LogP contribution is 2.44. The van der Waals surface area contributed by atoms with Gasteiger partial charge in [-0.25, -0.2) is 10.9 Å². The third-order valence-corrected chi connectivity index (χ3v) is 5.07. The van der Waals surface area contributed by atoms with E-state index >= 15 is 0 Å². The van der Waals surface area contributed by atoms with Crippen molar-refractivity contribution >= 4 is 10.8 Å². The van der Waals surface area contributed by atoms with E-state index in [1.807, 2.05) is 18.2 Å². The lowest BCUT2D eigenvalue weighted by Gasteiger charge is -2.36. The van der Waals surface area contributed by atoms with Crippen LogP contribution in [0.3, 0.4) is 0 Å². The summed E-state index contributed by atoms with van der Waals surface area (Å²) in [6.45, 7) is 0.511. The van der Waals surface area contributed by atoms with Crippen molar-refractivity contribution in [2.45, 2.75) is 18.2 Å². The van der Waals surface area contributed by atoms with Crippen LogP contribution < -0.4 is 16.6 Å². The lowest BCUT2D eigenvalue weighted by atomic mass is 9.74. The highest BCUT2D eigenvalue weighted by molar-refractivity contribution is 5.86. The molecule has 0 saturated carbocycles. The molecule has 4 atom stereocenters. The summed E-state index contributed by atoms with van der Waals surface area (Å²) in [5.74, 6) is 0.0132. The Morgan fingerprint density at radius 3 is 2.80 bits per heavy atom. The van der Waals surface area contributed by atoms with Gasteiger partial charge >= 0.3 is 0 Å². The topological polar surface area (TPSA) is 92.3 Å². The first-order valence-electron chi connectivity index (χ1n) is 8.28. The Morgan fingerprint density at radius 2 is 2.00 bits per heavy atom. The molecule has 0 bridgehead atoms. The minimum absolute atomic E-state index is 0.00675. The summed E-state index contributed by atoms with van der Waals surface area (Å²) >= 11 is 0. The molecule has 128 valence electrons. The Labute approximate surface area is 146 Å². The van der Waals surface area contributed by atoms with Gasteiger partial charge in [-0.15, -0.1) is 0 Å². The van der Waals surface area contributed by atoms with Gasteiger partial charge in [-0.05, 0) is 16.3 Å². The molecule has 6 heteroatoms. The van der Waals surface area contributed by atoms with Gasteiger partial charge < -0.3 is 15.2 Å². The average Bonchev–Trinajstić information content (AvgIpc) is 3.03. The highest BCUT2D eigenvalue weighted by atomic mass is 16.5. The quantitative estimate of drug-likeness (QED) is 0.790. The molecule has 25 heavy (non-hydrogen) atoms. The number of hydrogen-bond donors (Lipinski definition) is 3. The Morgan fingerprint density at radius 1 is 1.20 bits per heavy atom. The number of allylic oxidation sites excluding steroid dienone is 1. The first-order valence-corrected chi connectivity index (χ1v) is 8.28. The van der Waals surface area contributed by atoms with Crippen LogP contribution in [0.25, 0.3) is 10.8 Å². The van der Waals surface area contributed by atoms with Crippen LogP contribution in [-0.2, 0) is 9.47 Å². The molecule has 1 saturated heterocycles. The number of fused-ring (bicyclic) bond motifs is 2. The Hall–Kier alpha value is -2.59. The normalized spacial score (nSPS) is 28.5. The maximum atomic E-state index is 9.76. The number of nitriles is 1. The van der Waals surface area contributed by atoms with E-state index in [0.29, 0.717) is 12.2 Å². The maximum Gasteiger partial charge on any atom is 0.200 e. The van der Waals surface area contributed by atoms with E-state index in [0.717, 1.165) is 16.3 Å². The number of methoxy groups -OCH3 is 1. The fourth-order valence-corrected chi connectivity index (χ4v) is 4.00. The summed E-state index contributed by atoms with van der Waals surface area (Å²) in [6.07, 6.45) is -0.304. The van der Waals surface area contributed by atoms with Crippen LogP contribution in [0.4, 0.5) is 0 Å². The lowest BCUT2D eigenvalue weighted by Crippen LogP contribution is -2.42. The molecule has 0 amide bonds. The predicted octanol–water partition coefficient (Wildman–Crippen LogP) is 1.71. The molecule has 4 N–H and O–H groups in total. The monoisotopic (exact) mass is 336 g/mol. The van der Waals surface area contributed by atoms with E-state index in [1.54, 1.807) is 7.11 Å². The van der Waals surface area contributed by atoms with Gasteiger partial charge in [-0.3, -0.25) is 0 Å². The summed E-state index contributed by atoms with van der Waals surface area (Å²) in [4.78, 5) is 0. The Kier molecular flexibility index (Phi) is 4.06. The van der Waals surface area contributed by atoms with Crippen LogP contribution in [-0.4, -0.2) is 26.0 Å². The molecule has 0 spiro atoms. The number of nitrogens with two attached hydrogens (primary N) is 1. The number of benzene rings is 2. The standard InChI is InChI=1S/C19H20N4O2/c1-24-10-15-17-16(14(9-20)18(21)25-19(17)23-22-15)13-8-4-6-11-5-2-3-7-12(11)13/h2-8,15-17,19,22-23H,10,21H2,1H3. The second kappa shape index (κ2) is 6.37. The molecule has 1 fully saturated rings. The zero-order chi connectivity index (χ0) is 17.4. The van der Waals surface area contributed by atoms with Gasteiger partial charge in [-0.2, -0.15) is 5.26 Å². The van der Waals surface area contributed by atoms with Crippen molar-refractivity contribution in [3.05, 3.63) is 59.5 Å². The van der Waals surface area contributed by atoms with Gasteiger partial charge in [0.15, 0.2) is 6.23 Å². The second-order valence-electron chi connectivity index (χ2n) is 6.40. The molecular formula is C19H20N4O2. The van der Waals surface area contributed by atoms with E-state index in [-0.39, 0.29) is 30.0 Å². The molecule has 2 aromatic carbocycles. The minimum Gasteiger partial charge on any atom is -0.458 e. The van der Waals surface area contributed by atoms with Crippen molar-refractivity contribution in [3.8, 4) is 6.07 Å². The number of nitrogens with zero attached hydrogens (tertiary/aromatic N) is 1.